The van der Waals surface area contributed by atoms with E-state index in [2.05, 4.69) is 34.1 Å². The van der Waals surface area contributed by atoms with Crippen molar-refractivity contribution in [1.82, 2.24) is 4.98 Å². The van der Waals surface area contributed by atoms with Gasteiger partial charge < -0.3 is 23.7 Å². The Bertz CT molecular complexity index is 1290. The van der Waals surface area contributed by atoms with E-state index in [4.69, 9.17) is 18.9 Å². The van der Waals surface area contributed by atoms with Crippen molar-refractivity contribution >= 4 is 33.2 Å². The molecule has 0 N–H and O–H groups in total. The van der Waals surface area contributed by atoms with Crippen LogP contribution in [-0.2, 0) is 9.47 Å². The first-order valence-corrected chi connectivity index (χ1v) is 10.7. The fraction of sp³-hybridized carbons (Fsp3) is 0.333. The zero-order valence-electron chi connectivity index (χ0n) is 17.2. The van der Waals surface area contributed by atoms with Crippen LogP contribution in [0.2, 0.25) is 0 Å². The number of hydrogen-bond donors (Lipinski definition) is 0. The highest BCUT2D eigenvalue weighted by atomic mass is 16.5. The van der Waals surface area contributed by atoms with Crippen LogP contribution in [0.4, 0.5) is 11.4 Å². The zero-order valence-corrected chi connectivity index (χ0v) is 17.2. The standard InChI is InChI=1S/C24H23N3O4/c28-21-15-22-18(13-20(21)27-7-11-30-12-8-27)25-24-17-4-2-1-3-16(17)19(14-23(24)31-22)26-5-9-29-10-6-26/h1-4,13-15H,5-12H2. The van der Waals surface area contributed by atoms with E-state index in [1.165, 1.54) is 0 Å². The van der Waals surface area contributed by atoms with Gasteiger partial charge in [0, 0.05) is 54.8 Å². The lowest BCUT2D eigenvalue weighted by Gasteiger charge is -2.30. The van der Waals surface area contributed by atoms with Crippen LogP contribution < -0.4 is 15.2 Å². The molecule has 0 aromatic heterocycles. The number of benzene rings is 3. The molecule has 7 nitrogen and oxygen atoms in total. The van der Waals surface area contributed by atoms with Gasteiger partial charge in [-0.15, -0.1) is 0 Å². The van der Waals surface area contributed by atoms with Gasteiger partial charge in [-0.2, -0.15) is 0 Å². The lowest BCUT2D eigenvalue weighted by molar-refractivity contribution is 0.122. The molecule has 158 valence electrons. The summed E-state index contributed by atoms with van der Waals surface area (Å²) in [6, 6.07) is 13.8. The third-order valence-corrected chi connectivity index (χ3v) is 6.16. The predicted octanol–water partition coefficient (Wildman–Crippen LogP) is 3.12. The summed E-state index contributed by atoms with van der Waals surface area (Å²) < 4.78 is 17.2. The van der Waals surface area contributed by atoms with E-state index < -0.39 is 0 Å². The SMILES string of the molecule is O=c1cc2oc3cc(N4CCOCC4)c4ccccc4c3nc-2cc1N1CCOCC1. The molecule has 0 bridgehead atoms. The molecule has 0 atom stereocenters. The topological polar surface area (TPSA) is 68.0 Å². The van der Waals surface area contributed by atoms with Crippen molar-refractivity contribution in [2.45, 2.75) is 0 Å². The van der Waals surface area contributed by atoms with Crippen LogP contribution in [0.1, 0.15) is 0 Å². The predicted molar refractivity (Wildman–Crippen MR) is 120 cm³/mol. The molecule has 0 amide bonds. The molecule has 3 heterocycles. The van der Waals surface area contributed by atoms with Crippen molar-refractivity contribution in [3.63, 3.8) is 0 Å². The Morgan fingerprint density at radius 2 is 1.42 bits per heavy atom. The maximum Gasteiger partial charge on any atom is 0.205 e. The summed E-state index contributed by atoms with van der Waals surface area (Å²) in [6.45, 7) is 5.76. The third-order valence-electron chi connectivity index (χ3n) is 6.16. The maximum absolute atomic E-state index is 12.8. The lowest BCUT2D eigenvalue weighted by atomic mass is 10.0. The van der Waals surface area contributed by atoms with Crippen LogP contribution in [-0.4, -0.2) is 57.6 Å². The molecule has 6 rings (SSSR count). The molecular formula is C24H23N3O4. The molecule has 0 saturated carbocycles. The minimum absolute atomic E-state index is 0.0477. The summed E-state index contributed by atoms with van der Waals surface area (Å²) in [5.74, 6) is 0.512. The minimum atomic E-state index is -0.0477. The smallest absolute Gasteiger partial charge is 0.205 e. The highest BCUT2D eigenvalue weighted by Gasteiger charge is 2.21. The van der Waals surface area contributed by atoms with Gasteiger partial charge in [-0.05, 0) is 6.07 Å². The highest BCUT2D eigenvalue weighted by molar-refractivity contribution is 6.10. The van der Waals surface area contributed by atoms with Crippen LogP contribution >= 0.6 is 0 Å². The first-order chi connectivity index (χ1) is 15.3. The van der Waals surface area contributed by atoms with E-state index in [9.17, 15) is 4.79 Å². The minimum Gasteiger partial charge on any atom is -0.453 e. The van der Waals surface area contributed by atoms with E-state index in [1.807, 2.05) is 12.1 Å². The highest BCUT2D eigenvalue weighted by Crippen LogP contribution is 2.36. The Morgan fingerprint density at radius 1 is 0.774 bits per heavy atom. The summed E-state index contributed by atoms with van der Waals surface area (Å²) in [7, 11) is 0. The number of hydrogen-bond acceptors (Lipinski definition) is 7. The van der Waals surface area contributed by atoms with Crippen molar-refractivity contribution in [3.8, 4) is 11.5 Å². The second-order valence-corrected chi connectivity index (χ2v) is 7.99. The molecule has 1 aliphatic carbocycles. The third kappa shape index (κ3) is 3.21. The van der Waals surface area contributed by atoms with Gasteiger partial charge in [0.2, 0.25) is 5.43 Å². The van der Waals surface area contributed by atoms with Crippen LogP contribution in [0.3, 0.4) is 0 Å². The molecule has 7 heteroatoms. The number of nitrogens with zero attached hydrogens (tertiary/aromatic N) is 3. The summed E-state index contributed by atoms with van der Waals surface area (Å²) in [4.78, 5) is 22.1. The molecule has 2 fully saturated rings. The summed E-state index contributed by atoms with van der Waals surface area (Å²) in [5.41, 5.74) is 3.92. The number of morpholine rings is 2. The zero-order chi connectivity index (χ0) is 20.8. The Labute approximate surface area is 179 Å². The van der Waals surface area contributed by atoms with Crippen molar-refractivity contribution in [1.29, 1.82) is 0 Å². The first kappa shape index (κ1) is 18.6. The van der Waals surface area contributed by atoms with Gasteiger partial charge in [-0.1, -0.05) is 24.3 Å². The van der Waals surface area contributed by atoms with Crippen molar-refractivity contribution in [2.24, 2.45) is 0 Å². The number of fused-ring (bicyclic) bond motifs is 4. The summed E-state index contributed by atoms with van der Waals surface area (Å²) >= 11 is 0. The summed E-state index contributed by atoms with van der Waals surface area (Å²) in [5, 5.41) is 2.19. The van der Waals surface area contributed by atoms with E-state index in [0.29, 0.717) is 62.2 Å². The van der Waals surface area contributed by atoms with Crippen LogP contribution in [0.5, 0.6) is 0 Å². The second kappa shape index (κ2) is 7.51. The lowest BCUT2D eigenvalue weighted by Crippen LogP contribution is -2.38. The monoisotopic (exact) mass is 417 g/mol. The summed E-state index contributed by atoms with van der Waals surface area (Å²) in [6.07, 6.45) is 0. The van der Waals surface area contributed by atoms with Gasteiger partial charge >= 0.3 is 0 Å². The molecule has 2 aromatic carbocycles. The van der Waals surface area contributed by atoms with Gasteiger partial charge in [0.15, 0.2) is 11.3 Å². The molecular weight excluding hydrogens is 394 g/mol. The molecule has 3 aliphatic heterocycles. The van der Waals surface area contributed by atoms with E-state index >= 15 is 0 Å². The average Bonchev–Trinajstić information content (AvgIpc) is 2.83. The fourth-order valence-electron chi connectivity index (χ4n) is 4.57. The van der Waals surface area contributed by atoms with Gasteiger partial charge in [0.25, 0.3) is 0 Å². The molecule has 4 aliphatic rings. The Morgan fingerprint density at radius 3 is 2.13 bits per heavy atom. The van der Waals surface area contributed by atoms with Crippen molar-refractivity contribution in [2.75, 3.05) is 62.4 Å². The van der Waals surface area contributed by atoms with Gasteiger partial charge in [-0.3, -0.25) is 4.79 Å². The number of aromatic nitrogens is 1. The molecule has 0 radical (unpaired) electrons. The van der Waals surface area contributed by atoms with Gasteiger partial charge in [0.05, 0.1) is 32.1 Å². The fourth-order valence-corrected chi connectivity index (χ4v) is 4.57. The Balaban J connectivity index is 1.57. The molecule has 2 saturated heterocycles. The van der Waals surface area contributed by atoms with E-state index in [0.717, 1.165) is 35.1 Å². The van der Waals surface area contributed by atoms with E-state index in [1.54, 1.807) is 6.07 Å². The Kier molecular flexibility index (Phi) is 4.51. The van der Waals surface area contributed by atoms with Crippen molar-refractivity contribution in [3.05, 3.63) is 52.7 Å². The Hall–Kier alpha value is -3.16. The van der Waals surface area contributed by atoms with Crippen LogP contribution in [0.25, 0.3) is 33.3 Å². The quantitative estimate of drug-likeness (QED) is 0.367. The largest absolute Gasteiger partial charge is 0.453 e. The number of rotatable bonds is 2. The maximum atomic E-state index is 12.8. The average molecular weight is 417 g/mol. The van der Waals surface area contributed by atoms with Crippen LogP contribution in [0.15, 0.2) is 51.7 Å². The van der Waals surface area contributed by atoms with Crippen molar-refractivity contribution < 1.29 is 13.9 Å². The van der Waals surface area contributed by atoms with Gasteiger partial charge in [-0.25, -0.2) is 4.98 Å². The van der Waals surface area contributed by atoms with E-state index in [-0.39, 0.29) is 5.43 Å². The number of ether oxygens (including phenoxy) is 2. The first-order valence-electron chi connectivity index (χ1n) is 10.7. The number of anilines is 2. The molecule has 0 unspecified atom stereocenters. The van der Waals surface area contributed by atoms with Gasteiger partial charge in [0.1, 0.15) is 11.2 Å². The second-order valence-electron chi connectivity index (χ2n) is 7.99. The molecule has 2 aromatic rings. The van der Waals surface area contributed by atoms with Crippen LogP contribution in [0, 0.1) is 0 Å². The molecule has 0 spiro atoms. The normalized spacial score (nSPS) is 17.7. The molecule has 31 heavy (non-hydrogen) atoms.